The molecule has 1 heterocycles. The lowest BCUT2D eigenvalue weighted by atomic mass is 9.95. The molecule has 1 unspecified atom stereocenters. The van der Waals surface area contributed by atoms with Gasteiger partial charge in [0, 0.05) is 18.8 Å². The molecule has 3 rings (SSSR count). The van der Waals surface area contributed by atoms with E-state index >= 15 is 0 Å². The van der Waals surface area contributed by atoms with E-state index in [0.717, 1.165) is 11.3 Å². The van der Waals surface area contributed by atoms with Crippen molar-refractivity contribution in [2.45, 2.75) is 13.0 Å². The van der Waals surface area contributed by atoms with Gasteiger partial charge in [-0.15, -0.1) is 0 Å². The van der Waals surface area contributed by atoms with E-state index in [2.05, 4.69) is 10.6 Å². The fourth-order valence-corrected chi connectivity index (χ4v) is 3.48. The van der Waals surface area contributed by atoms with Crippen LogP contribution in [-0.2, 0) is 9.53 Å². The third-order valence-corrected chi connectivity index (χ3v) is 4.99. The summed E-state index contributed by atoms with van der Waals surface area (Å²) in [5.74, 6) is 0.730. The largest absolute Gasteiger partial charge is 0.493 e. The van der Waals surface area contributed by atoms with E-state index in [-0.39, 0.29) is 19.2 Å². The summed E-state index contributed by atoms with van der Waals surface area (Å²) in [6, 6.07) is 13.9. The zero-order valence-electron chi connectivity index (χ0n) is 18.1. The number of carbonyl (C=O) groups is 2. The van der Waals surface area contributed by atoms with Crippen LogP contribution in [0.5, 0.6) is 11.5 Å². The van der Waals surface area contributed by atoms with E-state index in [1.54, 1.807) is 27.2 Å². The Morgan fingerprint density at radius 3 is 2.42 bits per heavy atom. The van der Waals surface area contributed by atoms with Crippen LogP contribution in [0.25, 0.3) is 0 Å². The number of nitrogens with one attached hydrogen (secondary N) is 2. The molecule has 1 aliphatic rings. The highest BCUT2D eigenvalue weighted by Gasteiger charge is 2.34. The summed E-state index contributed by atoms with van der Waals surface area (Å²) in [6.07, 6.45) is 0. The maximum absolute atomic E-state index is 12.9. The monoisotopic (exact) mass is 425 g/mol. The molecule has 2 aromatic carbocycles. The standard InChI is InChI=1S/C23H27N3O5/c1-5-31-22(27)20-17(24-23(28)25-21(20)15-9-7-6-8-10-15)14-26(2)16-11-12-18(29-3)19(13-16)30-4/h6-13,21H,5,14H2,1-4H3,(H2,24,25,28). The normalized spacial score (nSPS) is 15.6. The van der Waals surface area contributed by atoms with E-state index < -0.39 is 12.0 Å². The first kappa shape index (κ1) is 22.0. The van der Waals surface area contributed by atoms with Crippen molar-refractivity contribution in [1.82, 2.24) is 10.6 Å². The third-order valence-electron chi connectivity index (χ3n) is 4.99. The van der Waals surface area contributed by atoms with Crippen LogP contribution in [-0.4, -0.2) is 46.4 Å². The fraction of sp³-hybridized carbons (Fsp3) is 0.304. The highest BCUT2D eigenvalue weighted by molar-refractivity contribution is 5.95. The average molecular weight is 425 g/mol. The zero-order chi connectivity index (χ0) is 22.4. The Kier molecular flexibility index (Phi) is 7.02. The second-order valence-electron chi connectivity index (χ2n) is 6.95. The Hall–Kier alpha value is -3.68. The minimum absolute atomic E-state index is 0.233. The van der Waals surface area contributed by atoms with Crippen molar-refractivity contribution in [3.05, 3.63) is 65.4 Å². The number of hydrogen-bond acceptors (Lipinski definition) is 6. The number of carbonyl (C=O) groups excluding carboxylic acids is 2. The van der Waals surface area contributed by atoms with Crippen LogP contribution in [0.3, 0.4) is 0 Å². The van der Waals surface area contributed by atoms with Gasteiger partial charge < -0.3 is 29.7 Å². The summed E-state index contributed by atoms with van der Waals surface area (Å²) in [5, 5.41) is 5.62. The van der Waals surface area contributed by atoms with Crippen molar-refractivity contribution < 1.29 is 23.8 Å². The number of methoxy groups -OCH3 is 2. The number of hydrogen-bond donors (Lipinski definition) is 2. The van der Waals surface area contributed by atoms with E-state index in [1.165, 1.54) is 0 Å². The SMILES string of the molecule is CCOC(=O)C1=C(CN(C)c2ccc(OC)c(OC)c2)NC(=O)NC1c1ccccc1. The molecule has 0 bridgehead atoms. The van der Waals surface area contributed by atoms with Gasteiger partial charge in [0.1, 0.15) is 0 Å². The van der Waals surface area contributed by atoms with Crippen LogP contribution < -0.4 is 25.0 Å². The molecule has 31 heavy (non-hydrogen) atoms. The molecule has 1 aliphatic heterocycles. The lowest BCUT2D eigenvalue weighted by Crippen LogP contribution is -2.48. The molecule has 0 aliphatic carbocycles. The molecule has 0 aromatic heterocycles. The molecule has 0 spiro atoms. The summed E-state index contributed by atoms with van der Waals surface area (Å²) in [5.41, 5.74) is 2.48. The van der Waals surface area contributed by atoms with E-state index in [4.69, 9.17) is 14.2 Å². The smallest absolute Gasteiger partial charge is 0.338 e. The molecule has 8 heteroatoms. The van der Waals surface area contributed by atoms with E-state index in [0.29, 0.717) is 22.8 Å². The molecule has 1 atom stereocenters. The van der Waals surface area contributed by atoms with Gasteiger partial charge in [-0.25, -0.2) is 9.59 Å². The van der Waals surface area contributed by atoms with Crippen LogP contribution in [0.4, 0.5) is 10.5 Å². The maximum Gasteiger partial charge on any atom is 0.338 e. The molecule has 0 saturated carbocycles. The summed E-state index contributed by atoms with van der Waals surface area (Å²) >= 11 is 0. The van der Waals surface area contributed by atoms with Gasteiger partial charge in [-0.1, -0.05) is 30.3 Å². The van der Waals surface area contributed by atoms with Crippen molar-refractivity contribution in [2.75, 3.05) is 39.3 Å². The van der Waals surface area contributed by atoms with Crippen LogP contribution in [0.2, 0.25) is 0 Å². The lowest BCUT2D eigenvalue weighted by Gasteiger charge is -2.31. The number of nitrogens with zero attached hydrogens (tertiary/aromatic N) is 1. The average Bonchev–Trinajstić information content (AvgIpc) is 2.78. The first-order valence-corrected chi connectivity index (χ1v) is 9.94. The van der Waals surface area contributed by atoms with Crippen LogP contribution >= 0.6 is 0 Å². The molecule has 2 amide bonds. The molecule has 2 aromatic rings. The second kappa shape index (κ2) is 9.88. The van der Waals surface area contributed by atoms with Crippen LogP contribution in [0.1, 0.15) is 18.5 Å². The number of esters is 1. The first-order valence-electron chi connectivity index (χ1n) is 9.94. The third kappa shape index (κ3) is 4.91. The minimum Gasteiger partial charge on any atom is -0.493 e. The highest BCUT2D eigenvalue weighted by atomic mass is 16.5. The number of ether oxygens (including phenoxy) is 3. The molecule has 0 fully saturated rings. The van der Waals surface area contributed by atoms with Gasteiger partial charge in [-0.2, -0.15) is 0 Å². The van der Waals surface area contributed by atoms with Gasteiger partial charge in [-0.05, 0) is 24.6 Å². The number of anilines is 1. The predicted molar refractivity (Wildman–Crippen MR) is 117 cm³/mol. The highest BCUT2D eigenvalue weighted by Crippen LogP contribution is 2.32. The van der Waals surface area contributed by atoms with Crippen molar-refractivity contribution in [2.24, 2.45) is 0 Å². The summed E-state index contributed by atoms with van der Waals surface area (Å²) in [7, 11) is 5.01. The van der Waals surface area contributed by atoms with E-state index in [1.807, 2.05) is 54.4 Å². The Bertz CT molecular complexity index is 974. The summed E-state index contributed by atoms with van der Waals surface area (Å²) in [4.78, 5) is 27.2. The quantitative estimate of drug-likeness (QED) is 0.632. The number of benzene rings is 2. The van der Waals surface area contributed by atoms with Gasteiger partial charge >= 0.3 is 12.0 Å². The number of likely N-dealkylation sites (N-methyl/N-ethyl adjacent to an activating group) is 1. The first-order chi connectivity index (χ1) is 15.0. The van der Waals surface area contributed by atoms with Crippen LogP contribution in [0, 0.1) is 0 Å². The predicted octanol–water partition coefficient (Wildman–Crippen LogP) is 3.01. The van der Waals surface area contributed by atoms with Gasteiger partial charge in [-0.3, -0.25) is 0 Å². The summed E-state index contributed by atoms with van der Waals surface area (Å²) in [6.45, 7) is 2.26. The van der Waals surface area contributed by atoms with Crippen molar-refractivity contribution in [1.29, 1.82) is 0 Å². The molecular formula is C23H27N3O5. The van der Waals surface area contributed by atoms with Gasteiger partial charge in [0.2, 0.25) is 0 Å². The van der Waals surface area contributed by atoms with E-state index in [9.17, 15) is 9.59 Å². The van der Waals surface area contributed by atoms with Crippen molar-refractivity contribution >= 4 is 17.7 Å². The van der Waals surface area contributed by atoms with Crippen molar-refractivity contribution in [3.8, 4) is 11.5 Å². The zero-order valence-corrected chi connectivity index (χ0v) is 18.1. The molecule has 8 nitrogen and oxygen atoms in total. The van der Waals surface area contributed by atoms with Crippen LogP contribution in [0.15, 0.2) is 59.8 Å². The second-order valence-corrected chi connectivity index (χ2v) is 6.95. The maximum atomic E-state index is 12.9. The molecule has 2 N–H and O–H groups in total. The van der Waals surface area contributed by atoms with Gasteiger partial charge in [0.15, 0.2) is 11.5 Å². The molecule has 164 valence electrons. The number of urea groups is 1. The Morgan fingerprint density at radius 2 is 1.77 bits per heavy atom. The van der Waals surface area contributed by atoms with Crippen molar-refractivity contribution in [3.63, 3.8) is 0 Å². The molecule has 0 radical (unpaired) electrons. The fourth-order valence-electron chi connectivity index (χ4n) is 3.48. The Morgan fingerprint density at radius 1 is 1.06 bits per heavy atom. The molecule has 0 saturated heterocycles. The van der Waals surface area contributed by atoms with Gasteiger partial charge in [0.05, 0.1) is 44.7 Å². The topological polar surface area (TPSA) is 89.1 Å². The lowest BCUT2D eigenvalue weighted by molar-refractivity contribution is -0.139. The van der Waals surface area contributed by atoms with Gasteiger partial charge in [0.25, 0.3) is 0 Å². The molecular weight excluding hydrogens is 398 g/mol. The summed E-state index contributed by atoms with van der Waals surface area (Å²) < 4.78 is 16.0. The number of rotatable bonds is 8. The minimum atomic E-state index is -0.609. The number of amides is 2. The Balaban J connectivity index is 1.99. The Labute approximate surface area is 181 Å².